The largest absolute Gasteiger partial charge is 0.353 e. The van der Waals surface area contributed by atoms with Gasteiger partial charge in [-0.3, -0.25) is 9.59 Å². The standard InChI is InChI=1S/C21H26N2O2S/c1-16-4-6-17(7-5-16)8-9-21(25)23-12-10-18(11-13-23)22-20(24)15-19-3-2-14-26-19/h2-7,14,18H,8-13,15H2,1H3,(H,22,24). The summed E-state index contributed by atoms with van der Waals surface area (Å²) in [7, 11) is 0. The van der Waals surface area contributed by atoms with Crippen LogP contribution in [0.3, 0.4) is 0 Å². The van der Waals surface area contributed by atoms with Gasteiger partial charge in [-0.1, -0.05) is 35.9 Å². The third-order valence-electron chi connectivity index (χ3n) is 4.88. The van der Waals surface area contributed by atoms with Gasteiger partial charge in [-0.25, -0.2) is 0 Å². The van der Waals surface area contributed by atoms with Crippen LogP contribution >= 0.6 is 11.3 Å². The molecule has 0 radical (unpaired) electrons. The Kier molecular flexibility index (Phi) is 6.45. The molecule has 1 fully saturated rings. The molecule has 1 aliphatic rings. The number of piperidine rings is 1. The Labute approximate surface area is 159 Å². The van der Waals surface area contributed by atoms with Crippen LogP contribution in [0.2, 0.25) is 0 Å². The molecular weight excluding hydrogens is 344 g/mol. The maximum atomic E-state index is 12.4. The molecule has 2 aromatic rings. The van der Waals surface area contributed by atoms with E-state index in [1.165, 1.54) is 11.1 Å². The van der Waals surface area contributed by atoms with Crippen LogP contribution in [0, 0.1) is 6.92 Å². The molecule has 138 valence electrons. The molecule has 4 nitrogen and oxygen atoms in total. The first-order valence-electron chi connectivity index (χ1n) is 9.25. The van der Waals surface area contributed by atoms with Crippen molar-refractivity contribution in [3.63, 3.8) is 0 Å². The molecule has 0 aliphatic carbocycles. The number of carbonyl (C=O) groups excluding carboxylic acids is 2. The fraction of sp³-hybridized carbons (Fsp3) is 0.429. The summed E-state index contributed by atoms with van der Waals surface area (Å²) < 4.78 is 0. The van der Waals surface area contributed by atoms with Crippen LogP contribution in [0.5, 0.6) is 0 Å². The van der Waals surface area contributed by atoms with Gasteiger partial charge in [-0.2, -0.15) is 0 Å². The van der Waals surface area contributed by atoms with Crippen molar-refractivity contribution in [1.29, 1.82) is 0 Å². The Hall–Kier alpha value is -2.14. The molecule has 1 saturated heterocycles. The highest BCUT2D eigenvalue weighted by atomic mass is 32.1. The van der Waals surface area contributed by atoms with E-state index in [-0.39, 0.29) is 17.9 Å². The van der Waals surface area contributed by atoms with Crippen LogP contribution in [0.1, 0.15) is 35.3 Å². The second-order valence-electron chi connectivity index (χ2n) is 6.96. The highest BCUT2D eigenvalue weighted by Crippen LogP contribution is 2.14. The Morgan fingerprint density at radius 1 is 1.15 bits per heavy atom. The molecule has 3 rings (SSSR count). The molecule has 26 heavy (non-hydrogen) atoms. The number of thiophene rings is 1. The van der Waals surface area contributed by atoms with Gasteiger partial charge in [0.2, 0.25) is 11.8 Å². The number of aryl methyl sites for hydroxylation is 2. The van der Waals surface area contributed by atoms with Crippen molar-refractivity contribution in [2.24, 2.45) is 0 Å². The molecule has 1 N–H and O–H groups in total. The molecule has 0 bridgehead atoms. The minimum Gasteiger partial charge on any atom is -0.353 e. The van der Waals surface area contributed by atoms with Gasteiger partial charge in [-0.15, -0.1) is 11.3 Å². The zero-order valence-corrected chi connectivity index (χ0v) is 16.1. The minimum absolute atomic E-state index is 0.0802. The average Bonchev–Trinajstić information content (AvgIpc) is 3.14. The summed E-state index contributed by atoms with van der Waals surface area (Å²) in [5.41, 5.74) is 2.45. The molecule has 2 heterocycles. The number of nitrogens with one attached hydrogen (secondary N) is 1. The fourth-order valence-corrected chi connectivity index (χ4v) is 3.99. The lowest BCUT2D eigenvalue weighted by molar-refractivity contribution is -0.132. The van der Waals surface area contributed by atoms with Gasteiger partial charge in [-0.05, 0) is 43.2 Å². The van der Waals surface area contributed by atoms with Gasteiger partial charge in [0.05, 0.1) is 6.42 Å². The van der Waals surface area contributed by atoms with Crippen LogP contribution in [-0.4, -0.2) is 35.8 Å². The van der Waals surface area contributed by atoms with E-state index in [0.717, 1.165) is 37.2 Å². The van der Waals surface area contributed by atoms with Gasteiger partial charge >= 0.3 is 0 Å². The topological polar surface area (TPSA) is 49.4 Å². The summed E-state index contributed by atoms with van der Waals surface area (Å²) in [6, 6.07) is 12.5. The van der Waals surface area contributed by atoms with E-state index in [1.807, 2.05) is 22.4 Å². The van der Waals surface area contributed by atoms with Gasteiger partial charge in [0.25, 0.3) is 0 Å². The molecule has 1 aliphatic heterocycles. The molecular formula is C21H26N2O2S. The SMILES string of the molecule is Cc1ccc(CCC(=O)N2CCC(NC(=O)Cc3cccs3)CC2)cc1. The Bertz CT molecular complexity index is 717. The second kappa shape index (κ2) is 8.99. The Morgan fingerprint density at radius 3 is 2.54 bits per heavy atom. The van der Waals surface area contributed by atoms with Crippen molar-refractivity contribution in [3.8, 4) is 0 Å². The normalized spacial score (nSPS) is 15.0. The lowest BCUT2D eigenvalue weighted by Crippen LogP contribution is -2.46. The summed E-state index contributed by atoms with van der Waals surface area (Å²) in [5, 5.41) is 5.10. The molecule has 5 heteroatoms. The number of rotatable bonds is 6. The Morgan fingerprint density at radius 2 is 1.88 bits per heavy atom. The van der Waals surface area contributed by atoms with Crippen molar-refractivity contribution in [2.75, 3.05) is 13.1 Å². The number of amides is 2. The number of nitrogens with zero attached hydrogens (tertiary/aromatic N) is 1. The van der Waals surface area contributed by atoms with Crippen molar-refractivity contribution in [2.45, 2.75) is 45.1 Å². The lowest BCUT2D eigenvalue weighted by atomic mass is 10.0. The van der Waals surface area contributed by atoms with Crippen molar-refractivity contribution >= 4 is 23.2 Å². The second-order valence-corrected chi connectivity index (χ2v) is 8.00. The predicted molar refractivity (Wildman–Crippen MR) is 105 cm³/mol. The van der Waals surface area contributed by atoms with Crippen LogP contribution < -0.4 is 5.32 Å². The number of hydrogen-bond donors (Lipinski definition) is 1. The highest BCUT2D eigenvalue weighted by Gasteiger charge is 2.23. The number of likely N-dealkylation sites (tertiary alicyclic amines) is 1. The molecule has 0 unspecified atom stereocenters. The summed E-state index contributed by atoms with van der Waals surface area (Å²) in [6.07, 6.45) is 3.47. The van der Waals surface area contributed by atoms with Crippen molar-refractivity contribution < 1.29 is 9.59 Å². The maximum Gasteiger partial charge on any atom is 0.225 e. The lowest BCUT2D eigenvalue weighted by Gasteiger charge is -2.32. The van der Waals surface area contributed by atoms with E-state index in [4.69, 9.17) is 0 Å². The fourth-order valence-electron chi connectivity index (χ4n) is 3.29. The minimum atomic E-state index is 0.0802. The smallest absolute Gasteiger partial charge is 0.225 e. The number of carbonyl (C=O) groups is 2. The van der Waals surface area contributed by atoms with E-state index in [2.05, 4.69) is 36.5 Å². The molecule has 0 spiro atoms. The first kappa shape index (κ1) is 18.6. The Balaban J connectivity index is 1.38. The van der Waals surface area contributed by atoms with E-state index >= 15 is 0 Å². The van der Waals surface area contributed by atoms with E-state index in [9.17, 15) is 9.59 Å². The van der Waals surface area contributed by atoms with E-state index in [0.29, 0.717) is 12.8 Å². The zero-order chi connectivity index (χ0) is 18.4. The van der Waals surface area contributed by atoms with Gasteiger partial charge in [0.15, 0.2) is 0 Å². The van der Waals surface area contributed by atoms with E-state index < -0.39 is 0 Å². The molecule has 1 aromatic carbocycles. The third kappa shape index (κ3) is 5.43. The number of hydrogen-bond acceptors (Lipinski definition) is 3. The highest BCUT2D eigenvalue weighted by molar-refractivity contribution is 7.10. The van der Waals surface area contributed by atoms with Crippen molar-refractivity contribution in [1.82, 2.24) is 10.2 Å². The third-order valence-corrected chi connectivity index (χ3v) is 5.75. The number of benzene rings is 1. The molecule has 2 amide bonds. The summed E-state index contributed by atoms with van der Waals surface area (Å²) in [6.45, 7) is 3.53. The molecule has 0 saturated carbocycles. The van der Waals surface area contributed by atoms with Crippen LogP contribution in [-0.2, 0) is 22.4 Å². The van der Waals surface area contributed by atoms with Gasteiger partial charge in [0.1, 0.15) is 0 Å². The van der Waals surface area contributed by atoms with Gasteiger partial charge in [0, 0.05) is 30.4 Å². The first-order valence-corrected chi connectivity index (χ1v) is 10.1. The zero-order valence-electron chi connectivity index (χ0n) is 15.2. The monoisotopic (exact) mass is 370 g/mol. The average molecular weight is 371 g/mol. The van der Waals surface area contributed by atoms with Crippen LogP contribution in [0.25, 0.3) is 0 Å². The summed E-state index contributed by atoms with van der Waals surface area (Å²) >= 11 is 1.61. The van der Waals surface area contributed by atoms with Crippen molar-refractivity contribution in [3.05, 3.63) is 57.8 Å². The predicted octanol–water partition coefficient (Wildman–Crippen LogP) is 3.34. The first-order chi connectivity index (χ1) is 12.6. The van der Waals surface area contributed by atoms with E-state index in [1.54, 1.807) is 11.3 Å². The summed E-state index contributed by atoms with van der Waals surface area (Å²) in [4.78, 5) is 27.5. The quantitative estimate of drug-likeness (QED) is 0.848. The molecule has 0 atom stereocenters. The van der Waals surface area contributed by atoms with Crippen LogP contribution in [0.4, 0.5) is 0 Å². The van der Waals surface area contributed by atoms with Gasteiger partial charge < -0.3 is 10.2 Å². The summed E-state index contributed by atoms with van der Waals surface area (Å²) in [5.74, 6) is 0.297. The maximum absolute atomic E-state index is 12.4. The molecule has 1 aromatic heterocycles. The van der Waals surface area contributed by atoms with Crippen LogP contribution in [0.15, 0.2) is 41.8 Å².